The SMILES string of the molecule is CN(CCO)C(=O)c1cc([C@H]2CCN(C3CCCC3)C2)nc2ccccc12. The highest BCUT2D eigenvalue weighted by Crippen LogP contribution is 2.34. The van der Waals surface area contributed by atoms with E-state index in [-0.39, 0.29) is 12.5 Å². The molecule has 0 unspecified atom stereocenters. The van der Waals surface area contributed by atoms with Crippen LogP contribution in [0.4, 0.5) is 0 Å². The third-order valence-electron chi connectivity index (χ3n) is 6.23. The first kappa shape index (κ1) is 18.4. The Labute approximate surface area is 161 Å². The number of para-hydroxylation sites is 1. The van der Waals surface area contributed by atoms with E-state index in [2.05, 4.69) is 4.90 Å². The number of carbonyl (C=O) groups is 1. The first-order chi connectivity index (χ1) is 13.2. The maximum Gasteiger partial charge on any atom is 0.254 e. The van der Waals surface area contributed by atoms with Gasteiger partial charge in [-0.3, -0.25) is 14.7 Å². The number of fused-ring (bicyclic) bond motifs is 1. The van der Waals surface area contributed by atoms with Crippen LogP contribution < -0.4 is 0 Å². The molecule has 0 bridgehead atoms. The number of hydrogen-bond acceptors (Lipinski definition) is 4. The predicted molar refractivity (Wildman–Crippen MR) is 107 cm³/mol. The largest absolute Gasteiger partial charge is 0.395 e. The van der Waals surface area contributed by atoms with Crippen molar-refractivity contribution in [1.29, 1.82) is 0 Å². The second-order valence-corrected chi connectivity index (χ2v) is 7.98. The zero-order valence-corrected chi connectivity index (χ0v) is 16.1. The Morgan fingerprint density at radius 3 is 2.81 bits per heavy atom. The number of aliphatic hydroxyl groups is 1. The van der Waals surface area contributed by atoms with Gasteiger partial charge in [-0.1, -0.05) is 31.0 Å². The molecule has 1 saturated carbocycles. The topological polar surface area (TPSA) is 56.7 Å². The van der Waals surface area contributed by atoms with Gasteiger partial charge in [-0.2, -0.15) is 0 Å². The van der Waals surface area contributed by atoms with Crippen molar-refractivity contribution < 1.29 is 9.90 Å². The van der Waals surface area contributed by atoms with Gasteiger partial charge in [-0.15, -0.1) is 0 Å². The summed E-state index contributed by atoms with van der Waals surface area (Å²) in [6.45, 7) is 2.49. The molecule has 27 heavy (non-hydrogen) atoms. The third kappa shape index (κ3) is 3.71. The van der Waals surface area contributed by atoms with Gasteiger partial charge in [0, 0.05) is 43.2 Å². The maximum atomic E-state index is 13.0. The van der Waals surface area contributed by atoms with Crippen LogP contribution in [-0.4, -0.2) is 65.1 Å². The van der Waals surface area contributed by atoms with Crippen LogP contribution in [0.5, 0.6) is 0 Å². The predicted octanol–water partition coefficient (Wildman–Crippen LogP) is 3.03. The smallest absolute Gasteiger partial charge is 0.254 e. The number of aliphatic hydroxyl groups excluding tert-OH is 1. The molecule has 4 rings (SSSR count). The Kier molecular flexibility index (Phi) is 5.41. The molecule has 1 aliphatic carbocycles. The lowest BCUT2D eigenvalue weighted by Crippen LogP contribution is -2.31. The lowest BCUT2D eigenvalue weighted by Gasteiger charge is -2.23. The number of nitrogens with zero attached hydrogens (tertiary/aromatic N) is 3. The summed E-state index contributed by atoms with van der Waals surface area (Å²) in [5.41, 5.74) is 2.62. The summed E-state index contributed by atoms with van der Waals surface area (Å²) in [6, 6.07) is 10.6. The van der Waals surface area contributed by atoms with Crippen LogP contribution in [0.1, 0.15) is 54.1 Å². The third-order valence-corrected chi connectivity index (χ3v) is 6.23. The highest BCUT2D eigenvalue weighted by atomic mass is 16.3. The Hall–Kier alpha value is -1.98. The molecule has 5 heteroatoms. The van der Waals surface area contributed by atoms with E-state index in [1.807, 2.05) is 30.3 Å². The number of likely N-dealkylation sites (N-methyl/N-ethyl adjacent to an activating group) is 1. The van der Waals surface area contributed by atoms with E-state index < -0.39 is 0 Å². The van der Waals surface area contributed by atoms with Gasteiger partial charge in [0.05, 0.1) is 17.7 Å². The molecule has 2 heterocycles. The quantitative estimate of drug-likeness (QED) is 0.883. The van der Waals surface area contributed by atoms with Crippen LogP contribution in [0, 0.1) is 0 Å². The number of aromatic nitrogens is 1. The van der Waals surface area contributed by atoms with E-state index in [0.717, 1.165) is 42.1 Å². The van der Waals surface area contributed by atoms with Crippen LogP contribution in [0.15, 0.2) is 30.3 Å². The lowest BCUT2D eigenvalue weighted by atomic mass is 9.99. The van der Waals surface area contributed by atoms with Crippen LogP contribution in [0.3, 0.4) is 0 Å². The molecule has 2 fully saturated rings. The normalized spacial score (nSPS) is 21.2. The molecule has 0 radical (unpaired) electrons. The van der Waals surface area contributed by atoms with Crippen molar-refractivity contribution in [2.24, 2.45) is 0 Å². The number of rotatable bonds is 5. The van der Waals surface area contributed by atoms with Gasteiger partial charge in [0.15, 0.2) is 0 Å². The maximum absolute atomic E-state index is 13.0. The van der Waals surface area contributed by atoms with Gasteiger partial charge in [-0.25, -0.2) is 0 Å². The zero-order valence-electron chi connectivity index (χ0n) is 16.1. The molecule has 2 aromatic rings. The van der Waals surface area contributed by atoms with E-state index >= 15 is 0 Å². The highest BCUT2D eigenvalue weighted by Gasteiger charge is 2.32. The Bertz CT molecular complexity index is 816. The summed E-state index contributed by atoms with van der Waals surface area (Å²) in [4.78, 5) is 22.1. The number of pyridine rings is 1. The van der Waals surface area contributed by atoms with E-state index in [0.29, 0.717) is 18.0 Å². The fraction of sp³-hybridized carbons (Fsp3) is 0.545. The molecule has 144 valence electrons. The minimum absolute atomic E-state index is 0.0307. The number of amides is 1. The second kappa shape index (κ2) is 7.95. The Balaban J connectivity index is 1.64. The zero-order chi connectivity index (χ0) is 18.8. The van der Waals surface area contributed by atoms with Crippen LogP contribution in [0.2, 0.25) is 0 Å². The first-order valence-corrected chi connectivity index (χ1v) is 10.2. The molecule has 1 aliphatic heterocycles. The van der Waals surface area contributed by atoms with Crippen LogP contribution >= 0.6 is 0 Å². The van der Waals surface area contributed by atoms with Crippen molar-refractivity contribution in [2.75, 3.05) is 33.3 Å². The monoisotopic (exact) mass is 367 g/mol. The van der Waals surface area contributed by atoms with Crippen LogP contribution in [-0.2, 0) is 0 Å². The molecule has 5 nitrogen and oxygen atoms in total. The number of likely N-dealkylation sites (tertiary alicyclic amines) is 1. The van der Waals surface area contributed by atoms with Gasteiger partial charge < -0.3 is 10.0 Å². The standard InChI is InChI=1S/C22H29N3O2/c1-24(12-13-26)22(27)19-14-21(23-20-9-5-4-8-18(19)20)16-10-11-25(15-16)17-6-2-3-7-17/h4-5,8-9,14,16-17,26H,2-3,6-7,10-13,15H2,1H3/t16-/m0/s1. The van der Waals surface area contributed by atoms with Crippen LogP contribution in [0.25, 0.3) is 10.9 Å². The van der Waals surface area contributed by atoms with E-state index in [9.17, 15) is 9.90 Å². The molecule has 1 amide bonds. The molecule has 2 aliphatic rings. The summed E-state index contributed by atoms with van der Waals surface area (Å²) >= 11 is 0. The molecular formula is C22H29N3O2. The molecule has 1 aromatic carbocycles. The second-order valence-electron chi connectivity index (χ2n) is 7.98. The van der Waals surface area contributed by atoms with E-state index in [1.54, 1.807) is 11.9 Å². The molecule has 0 spiro atoms. The lowest BCUT2D eigenvalue weighted by molar-refractivity contribution is 0.0768. The van der Waals surface area contributed by atoms with Crippen molar-refractivity contribution in [3.8, 4) is 0 Å². The molecule has 1 atom stereocenters. The van der Waals surface area contributed by atoms with Gasteiger partial charge in [-0.05, 0) is 37.9 Å². The minimum atomic E-state index is -0.0467. The highest BCUT2D eigenvalue weighted by molar-refractivity contribution is 6.06. The Morgan fingerprint density at radius 1 is 1.26 bits per heavy atom. The average Bonchev–Trinajstić information content (AvgIpc) is 3.38. The summed E-state index contributed by atoms with van der Waals surface area (Å²) in [7, 11) is 1.74. The molecule has 1 aromatic heterocycles. The number of hydrogen-bond donors (Lipinski definition) is 1. The molecular weight excluding hydrogens is 338 g/mol. The summed E-state index contributed by atoms with van der Waals surface area (Å²) in [5.74, 6) is 0.347. The average molecular weight is 367 g/mol. The summed E-state index contributed by atoms with van der Waals surface area (Å²) < 4.78 is 0. The van der Waals surface area contributed by atoms with Gasteiger partial charge in [0.1, 0.15) is 0 Å². The minimum Gasteiger partial charge on any atom is -0.395 e. The fourth-order valence-corrected chi connectivity index (χ4v) is 4.67. The van der Waals surface area contributed by atoms with Crippen molar-refractivity contribution in [2.45, 2.75) is 44.1 Å². The summed E-state index contributed by atoms with van der Waals surface area (Å²) in [6.07, 6.45) is 6.48. The van der Waals surface area contributed by atoms with Gasteiger partial charge in [0.25, 0.3) is 5.91 Å². The number of benzene rings is 1. The van der Waals surface area contributed by atoms with Crippen molar-refractivity contribution >= 4 is 16.8 Å². The van der Waals surface area contributed by atoms with Crippen molar-refractivity contribution in [1.82, 2.24) is 14.8 Å². The van der Waals surface area contributed by atoms with Crippen molar-refractivity contribution in [3.05, 3.63) is 41.6 Å². The summed E-state index contributed by atoms with van der Waals surface area (Å²) in [5, 5.41) is 10.1. The molecule has 1 saturated heterocycles. The first-order valence-electron chi connectivity index (χ1n) is 10.2. The van der Waals surface area contributed by atoms with Gasteiger partial charge >= 0.3 is 0 Å². The van der Waals surface area contributed by atoms with Crippen molar-refractivity contribution in [3.63, 3.8) is 0 Å². The van der Waals surface area contributed by atoms with E-state index in [1.165, 1.54) is 25.7 Å². The Morgan fingerprint density at radius 2 is 2.04 bits per heavy atom. The number of carbonyl (C=O) groups excluding carboxylic acids is 1. The fourth-order valence-electron chi connectivity index (χ4n) is 4.67. The van der Waals surface area contributed by atoms with Gasteiger partial charge in [0.2, 0.25) is 0 Å². The van der Waals surface area contributed by atoms with E-state index in [4.69, 9.17) is 4.98 Å². The molecule has 1 N–H and O–H groups in total.